The topological polar surface area (TPSA) is 50.9 Å². The van der Waals surface area contributed by atoms with Gasteiger partial charge in [0.25, 0.3) is 0 Å². The summed E-state index contributed by atoms with van der Waals surface area (Å²) in [6.45, 7) is 2.00. The fourth-order valence-corrected chi connectivity index (χ4v) is 3.63. The van der Waals surface area contributed by atoms with E-state index < -0.39 is 0 Å². The Kier molecular flexibility index (Phi) is 3.72. The van der Waals surface area contributed by atoms with Crippen molar-refractivity contribution in [2.24, 2.45) is 5.84 Å². The molecule has 0 saturated carbocycles. The van der Waals surface area contributed by atoms with Gasteiger partial charge in [-0.1, -0.05) is 23.7 Å². The number of rotatable bonds is 3. The molecule has 0 bridgehead atoms. The summed E-state index contributed by atoms with van der Waals surface area (Å²) in [6.07, 6.45) is 1.79. The fourth-order valence-electron chi connectivity index (χ4n) is 2.24. The van der Waals surface area contributed by atoms with Crippen molar-refractivity contribution in [2.75, 3.05) is 0 Å². The first-order valence-electron chi connectivity index (χ1n) is 6.25. The van der Waals surface area contributed by atoms with Gasteiger partial charge in [-0.2, -0.15) is 0 Å². The molecule has 0 aliphatic rings. The fraction of sp³-hybridized carbons (Fsp3) is 0.133. The zero-order valence-corrected chi connectivity index (χ0v) is 12.5. The Morgan fingerprint density at radius 3 is 2.90 bits per heavy atom. The third-order valence-electron chi connectivity index (χ3n) is 3.31. The van der Waals surface area contributed by atoms with Crippen LogP contribution in [0, 0.1) is 6.92 Å². The molecule has 0 aliphatic carbocycles. The van der Waals surface area contributed by atoms with Crippen LogP contribution in [0.3, 0.4) is 0 Å². The molecule has 1 unspecified atom stereocenters. The number of nitrogens with one attached hydrogen (secondary N) is 1. The lowest BCUT2D eigenvalue weighted by Crippen LogP contribution is -2.28. The highest BCUT2D eigenvalue weighted by Gasteiger charge is 2.19. The van der Waals surface area contributed by atoms with Gasteiger partial charge in [0.05, 0.1) is 16.6 Å². The molecule has 1 aromatic carbocycles. The van der Waals surface area contributed by atoms with Crippen molar-refractivity contribution in [1.82, 2.24) is 10.4 Å². The predicted octanol–water partition coefficient (Wildman–Crippen LogP) is 3.81. The molecule has 0 amide bonds. The van der Waals surface area contributed by atoms with Crippen molar-refractivity contribution >= 4 is 33.8 Å². The SMILES string of the molecule is Cc1csc(C(NN)c2ccc3ncccc3c2)c1Cl. The van der Waals surface area contributed by atoms with E-state index in [1.54, 1.807) is 17.5 Å². The lowest BCUT2D eigenvalue weighted by Gasteiger charge is -2.16. The summed E-state index contributed by atoms with van der Waals surface area (Å²) in [4.78, 5) is 5.36. The smallest absolute Gasteiger partial charge is 0.0817 e. The molecule has 102 valence electrons. The molecule has 1 atom stereocenters. The number of hydrogen-bond acceptors (Lipinski definition) is 4. The van der Waals surface area contributed by atoms with E-state index in [2.05, 4.69) is 16.5 Å². The lowest BCUT2D eigenvalue weighted by molar-refractivity contribution is 0.647. The van der Waals surface area contributed by atoms with E-state index in [1.165, 1.54) is 0 Å². The van der Waals surface area contributed by atoms with Gasteiger partial charge in [0.15, 0.2) is 0 Å². The number of nitrogens with zero attached hydrogens (tertiary/aromatic N) is 1. The summed E-state index contributed by atoms with van der Waals surface area (Å²) in [7, 11) is 0. The van der Waals surface area contributed by atoms with E-state index in [0.717, 1.165) is 31.9 Å². The first-order valence-corrected chi connectivity index (χ1v) is 7.50. The third kappa shape index (κ3) is 2.31. The minimum Gasteiger partial charge on any atom is -0.271 e. The average Bonchev–Trinajstić information content (AvgIpc) is 2.80. The van der Waals surface area contributed by atoms with Crippen LogP contribution in [-0.2, 0) is 0 Å². The lowest BCUT2D eigenvalue weighted by atomic mass is 10.0. The van der Waals surface area contributed by atoms with Crippen molar-refractivity contribution in [3.05, 3.63) is 62.9 Å². The molecular weight excluding hydrogens is 290 g/mol. The van der Waals surface area contributed by atoms with Crippen LogP contribution in [0.5, 0.6) is 0 Å². The molecule has 3 N–H and O–H groups in total. The Hall–Kier alpha value is -1.46. The first-order chi connectivity index (χ1) is 9.70. The van der Waals surface area contributed by atoms with Crippen LogP contribution in [0.15, 0.2) is 41.9 Å². The second-order valence-electron chi connectivity index (χ2n) is 4.65. The van der Waals surface area contributed by atoms with E-state index in [0.29, 0.717) is 0 Å². The highest BCUT2D eigenvalue weighted by Crippen LogP contribution is 2.35. The maximum Gasteiger partial charge on any atom is 0.0817 e. The van der Waals surface area contributed by atoms with Crippen LogP contribution in [-0.4, -0.2) is 4.98 Å². The normalized spacial score (nSPS) is 12.8. The van der Waals surface area contributed by atoms with Crippen LogP contribution in [0.25, 0.3) is 10.9 Å². The molecule has 0 fully saturated rings. The van der Waals surface area contributed by atoms with E-state index in [4.69, 9.17) is 17.4 Å². The minimum absolute atomic E-state index is 0.106. The minimum atomic E-state index is -0.106. The number of halogens is 1. The van der Waals surface area contributed by atoms with Gasteiger partial charge >= 0.3 is 0 Å². The van der Waals surface area contributed by atoms with Gasteiger partial charge in [0.1, 0.15) is 0 Å². The number of thiophene rings is 1. The van der Waals surface area contributed by atoms with Gasteiger partial charge in [-0.25, -0.2) is 5.43 Å². The van der Waals surface area contributed by atoms with Gasteiger partial charge in [-0.05, 0) is 41.6 Å². The summed E-state index contributed by atoms with van der Waals surface area (Å²) in [5.74, 6) is 5.74. The van der Waals surface area contributed by atoms with Gasteiger partial charge in [-0.3, -0.25) is 10.8 Å². The molecule has 3 nitrogen and oxygen atoms in total. The second-order valence-corrected chi connectivity index (χ2v) is 5.94. The predicted molar refractivity (Wildman–Crippen MR) is 85.0 cm³/mol. The Labute approximate surface area is 126 Å². The van der Waals surface area contributed by atoms with Crippen LogP contribution in [0.2, 0.25) is 5.02 Å². The molecule has 5 heteroatoms. The zero-order chi connectivity index (χ0) is 14.1. The standard InChI is InChI=1S/C15H14ClN3S/c1-9-8-20-15(13(9)16)14(19-17)11-4-5-12-10(7-11)3-2-6-18-12/h2-8,14,19H,17H2,1H3. The number of fused-ring (bicyclic) bond motifs is 1. The highest BCUT2D eigenvalue weighted by molar-refractivity contribution is 7.10. The number of hydrazine groups is 1. The van der Waals surface area contributed by atoms with E-state index in [-0.39, 0.29) is 6.04 Å². The van der Waals surface area contributed by atoms with Crippen LogP contribution < -0.4 is 11.3 Å². The van der Waals surface area contributed by atoms with Crippen molar-refractivity contribution in [2.45, 2.75) is 13.0 Å². The van der Waals surface area contributed by atoms with E-state index in [9.17, 15) is 0 Å². The van der Waals surface area contributed by atoms with Gasteiger partial charge in [0.2, 0.25) is 0 Å². The van der Waals surface area contributed by atoms with Crippen LogP contribution in [0.4, 0.5) is 0 Å². The second kappa shape index (κ2) is 5.50. The number of aryl methyl sites for hydroxylation is 1. The van der Waals surface area contributed by atoms with E-state index >= 15 is 0 Å². The number of aromatic nitrogens is 1. The molecule has 2 heterocycles. The summed E-state index contributed by atoms with van der Waals surface area (Å²) in [5, 5.41) is 3.92. The van der Waals surface area contributed by atoms with Crippen molar-refractivity contribution < 1.29 is 0 Å². The number of hydrogen-bond donors (Lipinski definition) is 2. The summed E-state index contributed by atoms with van der Waals surface area (Å²) in [5.41, 5.74) is 5.99. The maximum absolute atomic E-state index is 6.35. The molecular formula is C15H14ClN3S. The summed E-state index contributed by atoms with van der Waals surface area (Å²) >= 11 is 7.97. The Bertz CT molecular complexity index is 754. The van der Waals surface area contributed by atoms with Crippen molar-refractivity contribution in [3.8, 4) is 0 Å². The molecule has 0 spiro atoms. The molecule has 0 saturated heterocycles. The molecule has 0 aliphatic heterocycles. The van der Waals surface area contributed by atoms with Crippen LogP contribution >= 0.6 is 22.9 Å². The van der Waals surface area contributed by atoms with E-state index in [1.807, 2.05) is 36.6 Å². The highest BCUT2D eigenvalue weighted by atomic mass is 35.5. The average molecular weight is 304 g/mol. The maximum atomic E-state index is 6.35. The molecule has 3 aromatic rings. The molecule has 20 heavy (non-hydrogen) atoms. The quantitative estimate of drug-likeness (QED) is 0.571. The van der Waals surface area contributed by atoms with Crippen molar-refractivity contribution in [3.63, 3.8) is 0 Å². The number of benzene rings is 1. The Morgan fingerprint density at radius 2 is 2.20 bits per heavy atom. The number of nitrogens with two attached hydrogens (primary N) is 1. The Morgan fingerprint density at radius 1 is 1.35 bits per heavy atom. The molecule has 3 rings (SSSR count). The van der Waals surface area contributed by atoms with Gasteiger partial charge in [-0.15, -0.1) is 11.3 Å². The number of pyridine rings is 1. The van der Waals surface area contributed by atoms with Gasteiger partial charge < -0.3 is 0 Å². The molecule has 2 aromatic heterocycles. The Balaban J connectivity index is 2.09. The third-order valence-corrected chi connectivity index (χ3v) is 5.09. The van der Waals surface area contributed by atoms with Crippen LogP contribution in [0.1, 0.15) is 22.0 Å². The summed E-state index contributed by atoms with van der Waals surface area (Å²) in [6, 6.07) is 10.00. The monoisotopic (exact) mass is 303 g/mol. The van der Waals surface area contributed by atoms with Gasteiger partial charge in [0, 0.05) is 16.5 Å². The summed E-state index contributed by atoms with van der Waals surface area (Å²) < 4.78 is 0. The zero-order valence-electron chi connectivity index (χ0n) is 10.9. The van der Waals surface area contributed by atoms with Crippen molar-refractivity contribution in [1.29, 1.82) is 0 Å². The largest absolute Gasteiger partial charge is 0.271 e. The first kappa shape index (κ1) is 13.5. The molecule has 0 radical (unpaired) electrons.